The van der Waals surface area contributed by atoms with E-state index in [0.717, 1.165) is 26.1 Å². The molecule has 1 heterocycles. The second-order valence-electron chi connectivity index (χ2n) is 2.53. The average molecular weight is 185 g/mol. The zero-order chi connectivity index (χ0) is 8.65. The van der Waals surface area contributed by atoms with Gasteiger partial charge in [0.1, 0.15) is 0 Å². The van der Waals surface area contributed by atoms with Gasteiger partial charge in [-0.15, -0.1) is 11.3 Å². The van der Waals surface area contributed by atoms with Gasteiger partial charge in [0.25, 0.3) is 0 Å². The van der Waals surface area contributed by atoms with Crippen molar-refractivity contribution in [1.82, 2.24) is 15.6 Å². The molecule has 0 fully saturated rings. The highest BCUT2D eigenvalue weighted by atomic mass is 32.1. The minimum Gasteiger partial charge on any atom is -0.318 e. The van der Waals surface area contributed by atoms with Crippen LogP contribution in [0.4, 0.5) is 0 Å². The molecule has 0 aliphatic rings. The number of likely N-dealkylation sites (N-methyl/N-ethyl adjacent to an activating group) is 1. The molecule has 0 atom stereocenters. The molecule has 0 saturated carbocycles. The number of rotatable bonds is 6. The Labute approximate surface area is 77.2 Å². The number of thiazole rings is 1. The zero-order valence-electron chi connectivity index (χ0n) is 7.34. The Balaban J connectivity index is 1.96. The van der Waals surface area contributed by atoms with Crippen LogP contribution in [-0.4, -0.2) is 31.7 Å². The van der Waals surface area contributed by atoms with Crippen molar-refractivity contribution in [3.63, 3.8) is 0 Å². The standard InChI is InChI=1S/C8H15N3S/c1-9-4-5-10-3-2-8-11-6-7-12-8/h6-7,9-10H,2-5H2,1H3. The predicted molar refractivity (Wildman–Crippen MR) is 52.6 cm³/mol. The molecule has 1 aromatic rings. The molecule has 68 valence electrons. The Morgan fingerprint density at radius 2 is 2.33 bits per heavy atom. The fraction of sp³-hybridized carbons (Fsp3) is 0.625. The van der Waals surface area contributed by atoms with Crippen LogP contribution in [0.25, 0.3) is 0 Å². The summed E-state index contributed by atoms with van der Waals surface area (Å²) in [4.78, 5) is 4.20. The van der Waals surface area contributed by atoms with Gasteiger partial charge in [-0.25, -0.2) is 4.98 Å². The maximum atomic E-state index is 4.20. The SMILES string of the molecule is CNCCNCCc1nccs1. The molecule has 0 amide bonds. The van der Waals surface area contributed by atoms with Gasteiger partial charge in [-0.3, -0.25) is 0 Å². The molecule has 0 spiro atoms. The third-order valence-corrected chi connectivity index (χ3v) is 2.39. The van der Waals surface area contributed by atoms with Crippen molar-refractivity contribution in [2.45, 2.75) is 6.42 Å². The van der Waals surface area contributed by atoms with Crippen LogP contribution in [-0.2, 0) is 6.42 Å². The van der Waals surface area contributed by atoms with Crippen LogP contribution in [0, 0.1) is 0 Å². The van der Waals surface area contributed by atoms with Gasteiger partial charge in [-0.05, 0) is 7.05 Å². The molecule has 1 aromatic heterocycles. The first-order chi connectivity index (χ1) is 5.93. The Kier molecular flexibility index (Phi) is 4.91. The monoisotopic (exact) mass is 185 g/mol. The molecule has 2 N–H and O–H groups in total. The summed E-state index contributed by atoms with van der Waals surface area (Å²) in [6.07, 6.45) is 2.90. The van der Waals surface area contributed by atoms with E-state index < -0.39 is 0 Å². The zero-order valence-corrected chi connectivity index (χ0v) is 8.16. The van der Waals surface area contributed by atoms with Crippen LogP contribution in [0.15, 0.2) is 11.6 Å². The van der Waals surface area contributed by atoms with Crippen LogP contribution in [0.3, 0.4) is 0 Å². The van der Waals surface area contributed by atoms with Crippen molar-refractivity contribution in [2.24, 2.45) is 0 Å². The number of nitrogens with one attached hydrogen (secondary N) is 2. The number of hydrogen-bond donors (Lipinski definition) is 2. The summed E-state index contributed by atoms with van der Waals surface area (Å²) in [5.74, 6) is 0. The van der Waals surface area contributed by atoms with Crippen LogP contribution >= 0.6 is 11.3 Å². The molecule has 0 unspecified atom stereocenters. The number of nitrogens with zero attached hydrogens (tertiary/aromatic N) is 1. The molecule has 1 rings (SSSR count). The lowest BCUT2D eigenvalue weighted by Crippen LogP contribution is -2.26. The van der Waals surface area contributed by atoms with E-state index in [2.05, 4.69) is 15.6 Å². The third-order valence-electron chi connectivity index (χ3n) is 1.55. The average Bonchev–Trinajstić information content (AvgIpc) is 2.57. The molecule has 0 aromatic carbocycles. The highest BCUT2D eigenvalue weighted by Gasteiger charge is 1.93. The van der Waals surface area contributed by atoms with E-state index in [4.69, 9.17) is 0 Å². The van der Waals surface area contributed by atoms with Gasteiger partial charge in [0.15, 0.2) is 0 Å². The van der Waals surface area contributed by atoms with Crippen LogP contribution in [0.2, 0.25) is 0 Å². The van der Waals surface area contributed by atoms with E-state index in [1.54, 1.807) is 11.3 Å². The summed E-state index contributed by atoms with van der Waals surface area (Å²) in [6, 6.07) is 0. The summed E-state index contributed by atoms with van der Waals surface area (Å²) < 4.78 is 0. The van der Waals surface area contributed by atoms with Crippen molar-refractivity contribution < 1.29 is 0 Å². The van der Waals surface area contributed by atoms with Gasteiger partial charge in [-0.1, -0.05) is 0 Å². The summed E-state index contributed by atoms with van der Waals surface area (Å²) >= 11 is 1.72. The van der Waals surface area contributed by atoms with Crippen molar-refractivity contribution >= 4 is 11.3 Å². The Hall–Kier alpha value is -0.450. The van der Waals surface area contributed by atoms with Gasteiger partial charge in [0, 0.05) is 37.6 Å². The van der Waals surface area contributed by atoms with Crippen LogP contribution in [0.1, 0.15) is 5.01 Å². The van der Waals surface area contributed by atoms with E-state index in [1.165, 1.54) is 5.01 Å². The van der Waals surface area contributed by atoms with E-state index in [9.17, 15) is 0 Å². The maximum absolute atomic E-state index is 4.20. The second-order valence-corrected chi connectivity index (χ2v) is 3.51. The molecule has 3 nitrogen and oxygen atoms in total. The molecular weight excluding hydrogens is 170 g/mol. The molecule has 0 bridgehead atoms. The minimum absolute atomic E-state index is 1.02. The fourth-order valence-electron chi connectivity index (χ4n) is 0.910. The van der Waals surface area contributed by atoms with Crippen molar-refractivity contribution in [3.8, 4) is 0 Å². The summed E-state index contributed by atoms with van der Waals surface area (Å²) in [6.45, 7) is 3.08. The third kappa shape index (κ3) is 3.80. The molecular formula is C8H15N3S. The topological polar surface area (TPSA) is 37.0 Å². The van der Waals surface area contributed by atoms with Crippen molar-refractivity contribution in [2.75, 3.05) is 26.7 Å². The summed E-state index contributed by atoms with van der Waals surface area (Å²) in [7, 11) is 1.96. The predicted octanol–water partition coefficient (Wildman–Crippen LogP) is 0.495. The number of hydrogen-bond acceptors (Lipinski definition) is 4. The Morgan fingerprint density at radius 1 is 1.42 bits per heavy atom. The molecule has 0 aliphatic carbocycles. The van der Waals surface area contributed by atoms with Crippen molar-refractivity contribution in [1.29, 1.82) is 0 Å². The van der Waals surface area contributed by atoms with Crippen LogP contribution < -0.4 is 10.6 Å². The van der Waals surface area contributed by atoms with Gasteiger partial charge < -0.3 is 10.6 Å². The minimum atomic E-state index is 1.02. The lowest BCUT2D eigenvalue weighted by atomic mass is 10.4. The lowest BCUT2D eigenvalue weighted by Gasteiger charge is -2.01. The maximum Gasteiger partial charge on any atom is 0.0937 e. The first kappa shape index (κ1) is 9.64. The molecule has 0 radical (unpaired) electrons. The Bertz CT molecular complexity index is 186. The smallest absolute Gasteiger partial charge is 0.0937 e. The molecule has 0 aliphatic heterocycles. The molecule has 4 heteroatoms. The van der Waals surface area contributed by atoms with E-state index >= 15 is 0 Å². The lowest BCUT2D eigenvalue weighted by molar-refractivity contribution is 0.648. The van der Waals surface area contributed by atoms with Gasteiger partial charge in [0.05, 0.1) is 5.01 Å². The van der Waals surface area contributed by atoms with Gasteiger partial charge in [-0.2, -0.15) is 0 Å². The van der Waals surface area contributed by atoms with Crippen LogP contribution in [0.5, 0.6) is 0 Å². The highest BCUT2D eigenvalue weighted by Crippen LogP contribution is 2.02. The summed E-state index contributed by atoms with van der Waals surface area (Å²) in [5, 5.41) is 9.65. The van der Waals surface area contributed by atoms with Gasteiger partial charge >= 0.3 is 0 Å². The summed E-state index contributed by atoms with van der Waals surface area (Å²) in [5.41, 5.74) is 0. The van der Waals surface area contributed by atoms with E-state index in [-0.39, 0.29) is 0 Å². The highest BCUT2D eigenvalue weighted by molar-refractivity contribution is 7.09. The first-order valence-electron chi connectivity index (χ1n) is 4.17. The second kappa shape index (κ2) is 6.11. The van der Waals surface area contributed by atoms with Gasteiger partial charge in [0.2, 0.25) is 0 Å². The van der Waals surface area contributed by atoms with Crippen molar-refractivity contribution in [3.05, 3.63) is 16.6 Å². The molecule has 0 saturated heterocycles. The quantitative estimate of drug-likeness (QED) is 0.634. The van der Waals surface area contributed by atoms with E-state index in [0.29, 0.717) is 0 Å². The molecule has 12 heavy (non-hydrogen) atoms. The van der Waals surface area contributed by atoms with E-state index in [1.807, 2.05) is 18.6 Å². The fourth-order valence-corrected chi connectivity index (χ4v) is 1.53. The number of aromatic nitrogens is 1. The first-order valence-corrected chi connectivity index (χ1v) is 5.05. The largest absolute Gasteiger partial charge is 0.318 e. The normalized spacial score (nSPS) is 10.4. The Morgan fingerprint density at radius 3 is 3.00 bits per heavy atom.